The van der Waals surface area contributed by atoms with Gasteiger partial charge >= 0.3 is 0 Å². The summed E-state index contributed by atoms with van der Waals surface area (Å²) in [6.45, 7) is 6.36. The van der Waals surface area contributed by atoms with Crippen LogP contribution in [0.1, 0.15) is 40.0 Å². The number of hydrogen-bond acceptors (Lipinski definition) is 1. The third-order valence-corrected chi connectivity index (χ3v) is 3.19. The molecule has 0 saturated heterocycles. The zero-order valence-corrected chi connectivity index (χ0v) is 10.8. The molecule has 1 aromatic carbocycles. The molecular formula is C14H21F2N. The molecule has 1 N–H and O–H groups in total. The Hall–Kier alpha value is -1.12. The van der Waals surface area contributed by atoms with Gasteiger partial charge in [-0.3, -0.25) is 0 Å². The number of rotatable bonds is 6. The van der Waals surface area contributed by atoms with E-state index in [1.165, 1.54) is 6.07 Å². The maximum Gasteiger partial charge on any atom is 0.181 e. The van der Waals surface area contributed by atoms with E-state index in [0.717, 1.165) is 25.3 Å². The van der Waals surface area contributed by atoms with Crippen molar-refractivity contribution >= 4 is 5.69 Å². The van der Waals surface area contributed by atoms with Crippen molar-refractivity contribution in [1.82, 2.24) is 0 Å². The summed E-state index contributed by atoms with van der Waals surface area (Å²) in [5.41, 5.74) is 0.264. The van der Waals surface area contributed by atoms with Crippen LogP contribution in [-0.2, 0) is 0 Å². The van der Waals surface area contributed by atoms with Crippen molar-refractivity contribution < 1.29 is 8.78 Å². The van der Waals surface area contributed by atoms with Crippen molar-refractivity contribution in [2.75, 3.05) is 5.32 Å². The van der Waals surface area contributed by atoms with Crippen LogP contribution in [0.4, 0.5) is 14.5 Å². The Kier molecular flexibility index (Phi) is 5.39. The van der Waals surface area contributed by atoms with Crippen LogP contribution in [0.5, 0.6) is 0 Å². The second-order valence-electron chi connectivity index (χ2n) is 4.60. The monoisotopic (exact) mass is 241 g/mol. The first-order valence-corrected chi connectivity index (χ1v) is 6.29. The Morgan fingerprint density at radius 3 is 2.47 bits per heavy atom. The molecule has 2 unspecified atom stereocenters. The van der Waals surface area contributed by atoms with Gasteiger partial charge in [-0.05, 0) is 30.9 Å². The highest BCUT2D eigenvalue weighted by molar-refractivity contribution is 5.45. The molecule has 0 amide bonds. The van der Waals surface area contributed by atoms with Gasteiger partial charge in [-0.1, -0.05) is 33.3 Å². The first-order chi connectivity index (χ1) is 8.08. The van der Waals surface area contributed by atoms with Crippen LogP contribution >= 0.6 is 0 Å². The zero-order chi connectivity index (χ0) is 12.8. The van der Waals surface area contributed by atoms with E-state index in [1.807, 2.05) is 0 Å². The SMILES string of the molecule is CCC(C)CC(CC)Nc1cccc(F)c1F. The fourth-order valence-electron chi connectivity index (χ4n) is 1.82. The predicted molar refractivity (Wildman–Crippen MR) is 68.1 cm³/mol. The highest BCUT2D eigenvalue weighted by Crippen LogP contribution is 2.21. The van der Waals surface area contributed by atoms with Crippen molar-refractivity contribution in [2.24, 2.45) is 5.92 Å². The van der Waals surface area contributed by atoms with Crippen molar-refractivity contribution in [3.05, 3.63) is 29.8 Å². The number of halogens is 2. The molecule has 0 bridgehead atoms. The van der Waals surface area contributed by atoms with Crippen molar-refractivity contribution in [3.63, 3.8) is 0 Å². The van der Waals surface area contributed by atoms with Gasteiger partial charge in [0.25, 0.3) is 0 Å². The molecule has 0 fully saturated rings. The van der Waals surface area contributed by atoms with Crippen molar-refractivity contribution in [1.29, 1.82) is 0 Å². The molecule has 2 atom stereocenters. The van der Waals surface area contributed by atoms with E-state index >= 15 is 0 Å². The van der Waals surface area contributed by atoms with Gasteiger partial charge in [0, 0.05) is 6.04 Å². The van der Waals surface area contributed by atoms with Gasteiger partial charge in [-0.2, -0.15) is 0 Å². The number of hydrogen-bond donors (Lipinski definition) is 1. The van der Waals surface area contributed by atoms with Crippen LogP contribution in [0, 0.1) is 17.6 Å². The molecule has 96 valence electrons. The maximum absolute atomic E-state index is 13.5. The second-order valence-corrected chi connectivity index (χ2v) is 4.60. The lowest BCUT2D eigenvalue weighted by molar-refractivity contribution is 0.457. The van der Waals surface area contributed by atoms with Gasteiger partial charge in [0.2, 0.25) is 0 Å². The highest BCUT2D eigenvalue weighted by Gasteiger charge is 2.14. The lowest BCUT2D eigenvalue weighted by Crippen LogP contribution is -2.22. The molecule has 3 heteroatoms. The van der Waals surface area contributed by atoms with Crippen molar-refractivity contribution in [3.8, 4) is 0 Å². The van der Waals surface area contributed by atoms with Crippen LogP contribution < -0.4 is 5.32 Å². The minimum absolute atomic E-state index is 0.196. The molecule has 0 aliphatic heterocycles. The van der Waals surface area contributed by atoms with Gasteiger partial charge in [0.15, 0.2) is 11.6 Å². The van der Waals surface area contributed by atoms with E-state index in [2.05, 4.69) is 26.1 Å². The Labute approximate surface area is 102 Å². The van der Waals surface area contributed by atoms with E-state index < -0.39 is 11.6 Å². The minimum Gasteiger partial charge on any atom is -0.380 e. The molecule has 1 rings (SSSR count). The summed E-state index contributed by atoms with van der Waals surface area (Å²) in [5.74, 6) is -0.993. The molecule has 0 aliphatic rings. The summed E-state index contributed by atoms with van der Waals surface area (Å²) in [7, 11) is 0. The first kappa shape index (κ1) is 13.9. The van der Waals surface area contributed by atoms with Gasteiger partial charge in [0.1, 0.15) is 0 Å². The molecule has 0 aromatic heterocycles. The van der Waals surface area contributed by atoms with Gasteiger partial charge in [0.05, 0.1) is 5.69 Å². The van der Waals surface area contributed by atoms with Crippen LogP contribution in [0.15, 0.2) is 18.2 Å². The largest absolute Gasteiger partial charge is 0.380 e. The van der Waals surface area contributed by atoms with E-state index in [-0.39, 0.29) is 11.7 Å². The number of anilines is 1. The third-order valence-electron chi connectivity index (χ3n) is 3.19. The molecule has 0 spiro atoms. The molecule has 0 heterocycles. The summed E-state index contributed by atoms with van der Waals surface area (Å²) in [4.78, 5) is 0. The molecule has 0 aliphatic carbocycles. The topological polar surface area (TPSA) is 12.0 Å². The first-order valence-electron chi connectivity index (χ1n) is 6.29. The fourth-order valence-corrected chi connectivity index (χ4v) is 1.82. The Morgan fingerprint density at radius 2 is 1.88 bits per heavy atom. The lowest BCUT2D eigenvalue weighted by Gasteiger charge is -2.21. The average Bonchev–Trinajstić information content (AvgIpc) is 2.33. The summed E-state index contributed by atoms with van der Waals surface area (Å²) >= 11 is 0. The fraction of sp³-hybridized carbons (Fsp3) is 0.571. The summed E-state index contributed by atoms with van der Waals surface area (Å²) in [6, 6.07) is 4.44. The molecule has 0 radical (unpaired) electrons. The zero-order valence-electron chi connectivity index (χ0n) is 10.8. The van der Waals surface area contributed by atoms with Gasteiger partial charge in [-0.25, -0.2) is 8.78 Å². The van der Waals surface area contributed by atoms with E-state index in [1.54, 1.807) is 6.07 Å². The normalized spacial score (nSPS) is 14.4. The Bertz CT molecular complexity index is 352. The summed E-state index contributed by atoms with van der Waals surface area (Å²) < 4.78 is 26.5. The van der Waals surface area contributed by atoms with Gasteiger partial charge in [-0.15, -0.1) is 0 Å². The molecular weight excluding hydrogens is 220 g/mol. The predicted octanol–water partition coefficient (Wildman–Crippen LogP) is 4.59. The molecule has 17 heavy (non-hydrogen) atoms. The third kappa shape index (κ3) is 3.99. The Morgan fingerprint density at radius 1 is 1.18 bits per heavy atom. The van der Waals surface area contributed by atoms with Crippen LogP contribution in [-0.4, -0.2) is 6.04 Å². The maximum atomic E-state index is 13.5. The summed E-state index contributed by atoms with van der Waals surface area (Å²) in [6.07, 6.45) is 2.98. The van der Waals surface area contributed by atoms with Gasteiger partial charge < -0.3 is 5.32 Å². The Balaban J connectivity index is 2.70. The highest BCUT2D eigenvalue weighted by atomic mass is 19.2. The van der Waals surface area contributed by atoms with E-state index in [4.69, 9.17) is 0 Å². The van der Waals surface area contributed by atoms with Crippen molar-refractivity contribution in [2.45, 2.75) is 46.1 Å². The average molecular weight is 241 g/mol. The second kappa shape index (κ2) is 6.58. The van der Waals surface area contributed by atoms with Crippen LogP contribution in [0.3, 0.4) is 0 Å². The molecule has 1 aromatic rings. The van der Waals surface area contributed by atoms with E-state index in [0.29, 0.717) is 5.92 Å². The molecule has 1 nitrogen and oxygen atoms in total. The lowest BCUT2D eigenvalue weighted by atomic mass is 9.97. The van der Waals surface area contributed by atoms with Crippen LogP contribution in [0.2, 0.25) is 0 Å². The van der Waals surface area contributed by atoms with E-state index in [9.17, 15) is 8.78 Å². The molecule has 0 saturated carbocycles. The smallest absolute Gasteiger partial charge is 0.181 e. The number of benzene rings is 1. The van der Waals surface area contributed by atoms with Crippen LogP contribution in [0.25, 0.3) is 0 Å². The minimum atomic E-state index is -0.798. The standard InChI is InChI=1S/C14H21F2N/c1-4-10(3)9-11(5-2)17-13-8-6-7-12(15)14(13)16/h6-8,10-11,17H,4-5,9H2,1-3H3. The quantitative estimate of drug-likeness (QED) is 0.768. The number of nitrogens with one attached hydrogen (secondary N) is 1. The summed E-state index contributed by atoms with van der Waals surface area (Å²) in [5, 5.41) is 3.09.